The van der Waals surface area contributed by atoms with Gasteiger partial charge in [0.25, 0.3) is 0 Å². The third-order valence-electron chi connectivity index (χ3n) is 3.90. The van der Waals surface area contributed by atoms with E-state index in [1.807, 2.05) is 24.3 Å². The average Bonchev–Trinajstić information content (AvgIpc) is 2.55. The number of hydrogen-bond acceptors (Lipinski definition) is 5. The van der Waals surface area contributed by atoms with Crippen LogP contribution in [0.15, 0.2) is 40.4 Å². The molecule has 5 nitrogen and oxygen atoms in total. The van der Waals surface area contributed by atoms with Gasteiger partial charge < -0.3 is 25.4 Å². The molecule has 1 aromatic carbocycles. The van der Waals surface area contributed by atoms with Crippen LogP contribution in [0, 0.1) is 0 Å². The maximum absolute atomic E-state index is 12.1. The summed E-state index contributed by atoms with van der Waals surface area (Å²) in [6.07, 6.45) is -2.00. The van der Waals surface area contributed by atoms with Crippen LogP contribution in [0.2, 0.25) is 0 Å². The van der Waals surface area contributed by atoms with Gasteiger partial charge in [-0.1, -0.05) is 34.1 Å². The highest BCUT2D eigenvalue weighted by Gasteiger charge is 2.37. The molecule has 0 unspecified atom stereocenters. The Morgan fingerprint density at radius 1 is 1.12 bits per heavy atom. The van der Waals surface area contributed by atoms with Crippen molar-refractivity contribution in [2.24, 2.45) is 0 Å². The lowest BCUT2D eigenvalue weighted by atomic mass is 9.88. The van der Waals surface area contributed by atoms with Gasteiger partial charge in [0, 0.05) is 4.47 Å². The van der Waals surface area contributed by atoms with E-state index in [1.54, 1.807) is 0 Å². The van der Waals surface area contributed by atoms with E-state index in [-0.39, 0.29) is 5.57 Å². The van der Waals surface area contributed by atoms with Crippen molar-refractivity contribution in [3.63, 3.8) is 0 Å². The minimum Gasteiger partial charge on any atom is -0.388 e. The van der Waals surface area contributed by atoms with Gasteiger partial charge in [0.2, 0.25) is 0 Å². The summed E-state index contributed by atoms with van der Waals surface area (Å²) in [4.78, 5) is 0. The van der Waals surface area contributed by atoms with E-state index in [0.717, 1.165) is 10.0 Å². The first-order chi connectivity index (χ1) is 11.4. The first-order valence-corrected chi connectivity index (χ1v) is 8.30. The second-order valence-corrected chi connectivity index (χ2v) is 6.51. The minimum absolute atomic E-state index is 0.120. The molecular weight excluding hydrogens is 388 g/mol. The van der Waals surface area contributed by atoms with Gasteiger partial charge in [-0.2, -0.15) is 8.78 Å². The first-order valence-electron chi connectivity index (χ1n) is 7.51. The fourth-order valence-electron chi connectivity index (χ4n) is 2.55. The van der Waals surface area contributed by atoms with Crippen LogP contribution in [0.25, 0.3) is 0 Å². The molecule has 0 bridgehead atoms. The molecule has 0 saturated carbocycles. The van der Waals surface area contributed by atoms with E-state index in [1.165, 1.54) is 6.08 Å². The quantitative estimate of drug-likeness (QED) is 0.510. The SMILES string of the molecule is O[C@@H]1[C@@H](O)[C@@H](O)C(COC(F)F)=C[C@H]1NCCc1ccc(Br)cc1. The van der Waals surface area contributed by atoms with Crippen molar-refractivity contribution >= 4 is 15.9 Å². The molecule has 0 heterocycles. The van der Waals surface area contributed by atoms with E-state index in [9.17, 15) is 24.1 Å². The third-order valence-corrected chi connectivity index (χ3v) is 4.43. The number of nitrogens with one attached hydrogen (secondary N) is 1. The molecule has 4 atom stereocenters. The Hall–Kier alpha value is -0.900. The number of benzene rings is 1. The largest absolute Gasteiger partial charge is 0.388 e. The number of hydrogen-bond donors (Lipinski definition) is 4. The van der Waals surface area contributed by atoms with Crippen LogP contribution in [-0.2, 0) is 11.2 Å². The number of halogens is 3. The van der Waals surface area contributed by atoms with Gasteiger partial charge in [0.05, 0.1) is 12.6 Å². The predicted octanol–water partition coefficient (Wildman–Crippen LogP) is 1.21. The Bertz CT molecular complexity index is 556. The molecule has 2 rings (SSSR count). The zero-order valence-electron chi connectivity index (χ0n) is 12.8. The summed E-state index contributed by atoms with van der Waals surface area (Å²) < 4.78 is 29.4. The summed E-state index contributed by atoms with van der Waals surface area (Å²) in [5.41, 5.74) is 1.20. The number of ether oxygens (including phenoxy) is 1. The monoisotopic (exact) mass is 407 g/mol. The molecule has 0 saturated heterocycles. The standard InChI is InChI=1S/C16H20BrF2NO4/c17-11-3-1-9(2-4-11)5-6-20-12-7-10(8-24-16(18)19)13(21)15(23)14(12)22/h1-4,7,12-16,20-23H,5-6,8H2/t12-,13+,14+,15+/m1/s1. The normalized spacial score (nSPS) is 27.4. The maximum atomic E-state index is 12.1. The Morgan fingerprint density at radius 3 is 2.42 bits per heavy atom. The highest BCUT2D eigenvalue weighted by atomic mass is 79.9. The van der Waals surface area contributed by atoms with Crippen molar-refractivity contribution < 1.29 is 28.8 Å². The molecule has 0 radical (unpaired) electrons. The first kappa shape index (κ1) is 19.4. The van der Waals surface area contributed by atoms with E-state index in [4.69, 9.17) is 0 Å². The lowest BCUT2D eigenvalue weighted by Gasteiger charge is -2.35. The molecule has 0 spiro atoms. The summed E-state index contributed by atoms with van der Waals surface area (Å²) in [5.74, 6) is 0. The van der Waals surface area contributed by atoms with Gasteiger partial charge in [0.1, 0.15) is 18.3 Å². The summed E-state index contributed by atoms with van der Waals surface area (Å²) in [6.45, 7) is -2.97. The molecule has 24 heavy (non-hydrogen) atoms. The molecule has 0 amide bonds. The van der Waals surface area contributed by atoms with Crippen LogP contribution in [-0.4, -0.2) is 59.4 Å². The van der Waals surface area contributed by atoms with Crippen molar-refractivity contribution in [3.8, 4) is 0 Å². The lowest BCUT2D eigenvalue weighted by Crippen LogP contribution is -2.54. The Morgan fingerprint density at radius 2 is 1.79 bits per heavy atom. The molecule has 1 aliphatic carbocycles. The molecule has 134 valence electrons. The topological polar surface area (TPSA) is 82.0 Å². The average molecular weight is 408 g/mol. The molecule has 1 aromatic rings. The van der Waals surface area contributed by atoms with Gasteiger partial charge >= 0.3 is 6.61 Å². The van der Waals surface area contributed by atoms with Gasteiger partial charge in [-0.3, -0.25) is 0 Å². The molecule has 1 aliphatic rings. The van der Waals surface area contributed by atoms with Crippen molar-refractivity contribution in [1.29, 1.82) is 0 Å². The van der Waals surface area contributed by atoms with Crippen molar-refractivity contribution in [1.82, 2.24) is 5.32 Å². The Labute approximate surface area is 147 Å². The third kappa shape index (κ3) is 5.30. The molecule has 8 heteroatoms. The van der Waals surface area contributed by atoms with Crippen LogP contribution in [0.5, 0.6) is 0 Å². The molecule has 0 fully saturated rings. The van der Waals surface area contributed by atoms with Crippen LogP contribution >= 0.6 is 15.9 Å². The second kappa shape index (κ2) is 8.98. The van der Waals surface area contributed by atoms with Crippen LogP contribution in [0.3, 0.4) is 0 Å². The van der Waals surface area contributed by atoms with E-state index < -0.39 is 37.6 Å². The lowest BCUT2D eigenvalue weighted by molar-refractivity contribution is -0.129. The van der Waals surface area contributed by atoms with Crippen molar-refractivity contribution in [2.75, 3.05) is 13.2 Å². The highest BCUT2D eigenvalue weighted by molar-refractivity contribution is 9.10. The summed E-state index contributed by atoms with van der Waals surface area (Å²) >= 11 is 3.35. The highest BCUT2D eigenvalue weighted by Crippen LogP contribution is 2.21. The van der Waals surface area contributed by atoms with Crippen molar-refractivity contribution in [2.45, 2.75) is 37.4 Å². The Balaban J connectivity index is 1.94. The van der Waals surface area contributed by atoms with Crippen LogP contribution < -0.4 is 5.32 Å². The van der Waals surface area contributed by atoms with Gasteiger partial charge in [-0.15, -0.1) is 0 Å². The number of alkyl halides is 2. The minimum atomic E-state index is -2.97. The van der Waals surface area contributed by atoms with E-state index in [2.05, 4.69) is 26.0 Å². The van der Waals surface area contributed by atoms with E-state index >= 15 is 0 Å². The molecule has 0 aliphatic heterocycles. The van der Waals surface area contributed by atoms with Crippen molar-refractivity contribution in [3.05, 3.63) is 46.0 Å². The summed E-state index contributed by atoms with van der Waals surface area (Å²) in [5, 5.41) is 32.8. The number of aliphatic hydroxyl groups excluding tert-OH is 3. The maximum Gasteiger partial charge on any atom is 0.345 e. The van der Waals surface area contributed by atoms with E-state index in [0.29, 0.717) is 13.0 Å². The molecular formula is C16H20BrF2NO4. The summed E-state index contributed by atoms with van der Waals surface area (Å²) in [7, 11) is 0. The van der Waals surface area contributed by atoms with Crippen LogP contribution in [0.4, 0.5) is 8.78 Å². The molecule has 4 N–H and O–H groups in total. The summed E-state index contributed by atoms with van der Waals surface area (Å²) in [6, 6.07) is 7.10. The molecule has 0 aromatic heterocycles. The second-order valence-electron chi connectivity index (χ2n) is 5.60. The van der Waals surface area contributed by atoms with Crippen LogP contribution in [0.1, 0.15) is 5.56 Å². The fourth-order valence-corrected chi connectivity index (χ4v) is 2.82. The zero-order chi connectivity index (χ0) is 17.7. The smallest absolute Gasteiger partial charge is 0.345 e. The number of rotatable bonds is 7. The van der Waals surface area contributed by atoms with Gasteiger partial charge in [0.15, 0.2) is 0 Å². The zero-order valence-corrected chi connectivity index (χ0v) is 14.4. The number of aliphatic hydroxyl groups is 3. The van der Waals surface area contributed by atoms with Gasteiger partial charge in [-0.25, -0.2) is 0 Å². The Kier molecular flexibility index (Phi) is 7.27. The predicted molar refractivity (Wildman–Crippen MR) is 87.7 cm³/mol. The van der Waals surface area contributed by atoms with Gasteiger partial charge in [-0.05, 0) is 36.2 Å². The fraction of sp³-hybridized carbons (Fsp3) is 0.500.